The minimum atomic E-state index is -0.704. The van der Waals surface area contributed by atoms with Crippen molar-refractivity contribution in [2.75, 3.05) is 10.6 Å². The van der Waals surface area contributed by atoms with Crippen LogP contribution in [0.5, 0.6) is 5.75 Å². The number of primary amides is 1. The SMILES string of the molecule is NC(=O)c1cccc(Nc2nsnc2Nc2ccccc2)c1O. The lowest BCUT2D eigenvalue weighted by Gasteiger charge is -2.10. The summed E-state index contributed by atoms with van der Waals surface area (Å²) in [5, 5.41) is 16.2. The van der Waals surface area contributed by atoms with E-state index in [0.29, 0.717) is 17.3 Å². The highest BCUT2D eigenvalue weighted by molar-refractivity contribution is 6.99. The Bertz CT molecular complexity index is 835. The lowest BCUT2D eigenvalue weighted by Crippen LogP contribution is -2.11. The van der Waals surface area contributed by atoms with E-state index in [-0.39, 0.29) is 11.3 Å². The van der Waals surface area contributed by atoms with Crippen LogP contribution in [0.4, 0.5) is 23.0 Å². The van der Waals surface area contributed by atoms with E-state index in [1.165, 1.54) is 6.07 Å². The molecule has 7 nitrogen and oxygen atoms in total. The second-order valence-electron chi connectivity index (χ2n) is 4.64. The van der Waals surface area contributed by atoms with Crippen LogP contribution in [0.15, 0.2) is 48.5 Å². The predicted molar refractivity (Wildman–Crippen MR) is 89.5 cm³/mol. The van der Waals surface area contributed by atoms with Crippen LogP contribution in [0, 0.1) is 0 Å². The van der Waals surface area contributed by atoms with Gasteiger partial charge in [0.05, 0.1) is 23.0 Å². The third-order valence-corrected chi connectivity index (χ3v) is 3.61. The highest BCUT2D eigenvalue weighted by Gasteiger charge is 2.14. The molecule has 0 aliphatic carbocycles. The molecule has 1 aromatic heterocycles. The monoisotopic (exact) mass is 327 g/mol. The molecule has 0 atom stereocenters. The first kappa shape index (κ1) is 14.8. The molecular weight excluding hydrogens is 314 g/mol. The number of amides is 1. The van der Waals surface area contributed by atoms with E-state index < -0.39 is 5.91 Å². The highest BCUT2D eigenvalue weighted by Crippen LogP contribution is 2.32. The molecule has 116 valence electrons. The number of nitrogens with one attached hydrogen (secondary N) is 2. The zero-order chi connectivity index (χ0) is 16.2. The van der Waals surface area contributed by atoms with Crippen molar-refractivity contribution in [2.45, 2.75) is 0 Å². The Morgan fingerprint density at radius 2 is 1.70 bits per heavy atom. The Morgan fingerprint density at radius 3 is 2.39 bits per heavy atom. The number of nitrogens with two attached hydrogens (primary N) is 1. The maximum atomic E-state index is 11.3. The van der Waals surface area contributed by atoms with Gasteiger partial charge in [-0.2, -0.15) is 8.75 Å². The molecule has 0 spiro atoms. The Labute approximate surface area is 136 Å². The lowest BCUT2D eigenvalue weighted by atomic mass is 10.1. The van der Waals surface area contributed by atoms with Crippen LogP contribution in [0.3, 0.4) is 0 Å². The average Bonchev–Trinajstić information content (AvgIpc) is 2.97. The van der Waals surface area contributed by atoms with Crippen molar-refractivity contribution in [1.82, 2.24) is 8.75 Å². The highest BCUT2D eigenvalue weighted by atomic mass is 32.1. The summed E-state index contributed by atoms with van der Waals surface area (Å²) in [5.74, 6) is 0.0321. The van der Waals surface area contributed by atoms with Crippen molar-refractivity contribution in [3.8, 4) is 5.75 Å². The molecule has 1 amide bonds. The summed E-state index contributed by atoms with van der Waals surface area (Å²) in [4.78, 5) is 11.3. The van der Waals surface area contributed by atoms with Gasteiger partial charge in [-0.05, 0) is 24.3 Å². The van der Waals surface area contributed by atoms with Crippen LogP contribution in [-0.4, -0.2) is 19.8 Å². The Hall–Kier alpha value is -3.13. The van der Waals surface area contributed by atoms with Gasteiger partial charge in [-0.25, -0.2) is 0 Å². The summed E-state index contributed by atoms with van der Waals surface area (Å²) in [7, 11) is 0. The normalized spacial score (nSPS) is 10.3. The second kappa shape index (κ2) is 6.32. The number of hydrogen-bond acceptors (Lipinski definition) is 7. The summed E-state index contributed by atoms with van der Waals surface area (Å²) < 4.78 is 8.33. The molecule has 0 saturated carbocycles. The molecule has 5 N–H and O–H groups in total. The van der Waals surface area contributed by atoms with Gasteiger partial charge in [0.15, 0.2) is 17.4 Å². The van der Waals surface area contributed by atoms with Gasteiger partial charge < -0.3 is 21.5 Å². The van der Waals surface area contributed by atoms with Gasteiger partial charge in [0.1, 0.15) is 0 Å². The standard InChI is InChI=1S/C15H13N5O2S/c16-13(22)10-7-4-8-11(12(10)21)18-15-14(19-23-20-15)17-9-5-2-1-3-6-9/h1-8,21H,(H2,16,22)(H,17,19)(H,18,20). The fourth-order valence-electron chi connectivity index (χ4n) is 1.98. The van der Waals surface area contributed by atoms with E-state index in [1.54, 1.807) is 12.1 Å². The van der Waals surface area contributed by atoms with Gasteiger partial charge in [0.25, 0.3) is 5.91 Å². The quantitative estimate of drug-likeness (QED) is 0.536. The van der Waals surface area contributed by atoms with Crippen molar-refractivity contribution in [3.05, 3.63) is 54.1 Å². The molecular formula is C15H13N5O2S. The van der Waals surface area contributed by atoms with E-state index in [4.69, 9.17) is 5.73 Å². The van der Waals surface area contributed by atoms with E-state index in [2.05, 4.69) is 19.4 Å². The number of para-hydroxylation sites is 2. The minimum Gasteiger partial charge on any atom is -0.505 e. The van der Waals surface area contributed by atoms with Crippen LogP contribution in [0.2, 0.25) is 0 Å². The summed E-state index contributed by atoms with van der Waals surface area (Å²) in [6, 6.07) is 14.2. The van der Waals surface area contributed by atoms with Crippen molar-refractivity contribution >= 4 is 40.6 Å². The third kappa shape index (κ3) is 3.22. The number of hydrogen-bond donors (Lipinski definition) is 4. The maximum Gasteiger partial charge on any atom is 0.252 e. The van der Waals surface area contributed by atoms with Crippen molar-refractivity contribution in [1.29, 1.82) is 0 Å². The largest absolute Gasteiger partial charge is 0.505 e. The Morgan fingerprint density at radius 1 is 1.00 bits per heavy atom. The molecule has 0 unspecified atom stereocenters. The van der Waals surface area contributed by atoms with Crippen LogP contribution in [0.25, 0.3) is 0 Å². The summed E-state index contributed by atoms with van der Waals surface area (Å²) in [6.45, 7) is 0. The van der Waals surface area contributed by atoms with E-state index in [9.17, 15) is 9.90 Å². The van der Waals surface area contributed by atoms with Gasteiger partial charge in [-0.15, -0.1) is 0 Å². The topological polar surface area (TPSA) is 113 Å². The first-order chi connectivity index (χ1) is 11.1. The summed E-state index contributed by atoms with van der Waals surface area (Å²) in [5.41, 5.74) is 6.45. The zero-order valence-electron chi connectivity index (χ0n) is 11.9. The minimum absolute atomic E-state index is 0.0377. The Kier molecular flexibility index (Phi) is 4.07. The first-order valence-electron chi connectivity index (χ1n) is 6.68. The second-order valence-corrected chi connectivity index (χ2v) is 5.17. The fourth-order valence-corrected chi connectivity index (χ4v) is 2.45. The van der Waals surface area contributed by atoms with Crippen LogP contribution < -0.4 is 16.4 Å². The van der Waals surface area contributed by atoms with Crippen LogP contribution in [-0.2, 0) is 0 Å². The summed E-state index contributed by atoms with van der Waals surface area (Å²) in [6.07, 6.45) is 0. The first-order valence-corrected chi connectivity index (χ1v) is 7.41. The van der Waals surface area contributed by atoms with Crippen LogP contribution >= 0.6 is 11.7 Å². The molecule has 0 bridgehead atoms. The summed E-state index contributed by atoms with van der Waals surface area (Å²) >= 11 is 1.02. The third-order valence-electron chi connectivity index (χ3n) is 3.08. The smallest absolute Gasteiger partial charge is 0.252 e. The van der Waals surface area contributed by atoms with E-state index in [1.807, 2.05) is 30.3 Å². The van der Waals surface area contributed by atoms with E-state index >= 15 is 0 Å². The number of nitrogens with zero attached hydrogens (tertiary/aromatic N) is 2. The molecule has 3 rings (SSSR count). The molecule has 0 fully saturated rings. The number of aromatic hydroxyl groups is 1. The number of carbonyl (C=O) groups excluding carboxylic acids is 1. The van der Waals surface area contributed by atoms with E-state index in [0.717, 1.165) is 17.4 Å². The number of benzene rings is 2. The maximum absolute atomic E-state index is 11.3. The van der Waals surface area contributed by atoms with Gasteiger partial charge >= 0.3 is 0 Å². The van der Waals surface area contributed by atoms with Crippen molar-refractivity contribution < 1.29 is 9.90 Å². The molecule has 0 aliphatic rings. The molecule has 0 aliphatic heterocycles. The Balaban J connectivity index is 1.86. The van der Waals surface area contributed by atoms with Gasteiger partial charge in [-0.1, -0.05) is 24.3 Å². The number of rotatable bonds is 5. The van der Waals surface area contributed by atoms with Gasteiger partial charge in [-0.3, -0.25) is 4.79 Å². The number of aromatic nitrogens is 2. The predicted octanol–water partition coefficient (Wildman–Crippen LogP) is 2.83. The fraction of sp³-hybridized carbons (Fsp3) is 0. The van der Waals surface area contributed by atoms with Crippen LogP contribution in [0.1, 0.15) is 10.4 Å². The van der Waals surface area contributed by atoms with Crippen molar-refractivity contribution in [3.63, 3.8) is 0 Å². The number of phenols is 1. The zero-order valence-corrected chi connectivity index (χ0v) is 12.7. The molecule has 8 heteroatoms. The van der Waals surface area contributed by atoms with Gasteiger partial charge in [0, 0.05) is 5.69 Å². The number of anilines is 4. The van der Waals surface area contributed by atoms with Gasteiger partial charge in [0.2, 0.25) is 0 Å². The number of carbonyl (C=O) groups is 1. The molecule has 23 heavy (non-hydrogen) atoms. The van der Waals surface area contributed by atoms with Crippen molar-refractivity contribution in [2.24, 2.45) is 5.73 Å². The molecule has 2 aromatic carbocycles. The molecule has 3 aromatic rings. The molecule has 1 heterocycles. The lowest BCUT2D eigenvalue weighted by molar-refractivity contribution is 0.0998. The molecule has 0 saturated heterocycles. The average molecular weight is 327 g/mol. The molecule has 0 radical (unpaired) electrons.